The zero-order valence-corrected chi connectivity index (χ0v) is 9.68. The van der Waals surface area contributed by atoms with Crippen LogP contribution in [0.15, 0.2) is 22.7 Å². The van der Waals surface area contributed by atoms with Crippen LogP contribution in [-0.2, 0) is 0 Å². The average molecular weight is 252 g/mol. The van der Waals surface area contributed by atoms with Crippen LogP contribution in [0.5, 0.6) is 0 Å². The van der Waals surface area contributed by atoms with Gasteiger partial charge < -0.3 is 5.32 Å². The van der Waals surface area contributed by atoms with E-state index in [1.807, 2.05) is 0 Å². The predicted molar refractivity (Wildman–Crippen MR) is 62.7 cm³/mol. The normalized spacial score (nSPS) is 25.4. The van der Waals surface area contributed by atoms with Gasteiger partial charge in [-0.25, -0.2) is 0 Å². The molecule has 2 aliphatic rings. The standard InChI is InChI=1S/C12H14BrN/c13-11-3-1-2-10-9(8-4-5-8)6-7-14-12(10)11/h1-3,8-9,14H,4-7H2. The Morgan fingerprint density at radius 1 is 1.21 bits per heavy atom. The molecule has 0 aromatic heterocycles. The van der Waals surface area contributed by atoms with E-state index in [2.05, 4.69) is 39.4 Å². The zero-order valence-electron chi connectivity index (χ0n) is 8.09. The number of fused-ring (bicyclic) bond motifs is 1. The minimum absolute atomic E-state index is 0.823. The zero-order chi connectivity index (χ0) is 9.54. The molecule has 1 unspecified atom stereocenters. The van der Waals surface area contributed by atoms with Gasteiger partial charge >= 0.3 is 0 Å². The van der Waals surface area contributed by atoms with Crippen molar-refractivity contribution in [2.45, 2.75) is 25.2 Å². The molecule has 1 atom stereocenters. The summed E-state index contributed by atoms with van der Waals surface area (Å²) in [5, 5.41) is 3.50. The van der Waals surface area contributed by atoms with Gasteiger partial charge in [-0.05, 0) is 58.7 Å². The molecule has 0 radical (unpaired) electrons. The Balaban J connectivity index is 2.05. The molecule has 1 aliphatic heterocycles. The number of hydrogen-bond donors (Lipinski definition) is 1. The van der Waals surface area contributed by atoms with Crippen LogP contribution in [0.2, 0.25) is 0 Å². The van der Waals surface area contributed by atoms with Crippen LogP contribution in [0.4, 0.5) is 5.69 Å². The van der Waals surface area contributed by atoms with Gasteiger partial charge in [0.05, 0.1) is 5.69 Å². The van der Waals surface area contributed by atoms with Crippen molar-refractivity contribution in [1.29, 1.82) is 0 Å². The van der Waals surface area contributed by atoms with E-state index >= 15 is 0 Å². The Hall–Kier alpha value is -0.500. The molecule has 0 amide bonds. The third kappa shape index (κ3) is 1.36. The second-order valence-electron chi connectivity index (χ2n) is 4.36. The summed E-state index contributed by atoms with van der Waals surface area (Å²) in [6, 6.07) is 6.57. The summed E-state index contributed by atoms with van der Waals surface area (Å²) in [7, 11) is 0. The SMILES string of the molecule is Brc1cccc2c1NCCC2C1CC1. The fourth-order valence-corrected chi connectivity index (χ4v) is 3.05. The molecular formula is C12H14BrN. The van der Waals surface area contributed by atoms with Gasteiger partial charge in [-0.1, -0.05) is 12.1 Å². The summed E-state index contributed by atoms with van der Waals surface area (Å²) in [6.07, 6.45) is 4.20. The number of benzene rings is 1. The van der Waals surface area contributed by atoms with Crippen molar-refractivity contribution in [3.05, 3.63) is 28.2 Å². The highest BCUT2D eigenvalue weighted by atomic mass is 79.9. The summed E-state index contributed by atoms with van der Waals surface area (Å²) in [5.74, 6) is 1.80. The molecule has 0 spiro atoms. The van der Waals surface area contributed by atoms with Crippen LogP contribution in [0, 0.1) is 5.92 Å². The number of nitrogens with one attached hydrogen (secondary N) is 1. The minimum atomic E-state index is 0.823. The summed E-state index contributed by atoms with van der Waals surface area (Å²) < 4.78 is 1.22. The van der Waals surface area contributed by atoms with Crippen LogP contribution in [0.25, 0.3) is 0 Å². The summed E-state index contributed by atoms with van der Waals surface area (Å²) in [6.45, 7) is 1.14. The second kappa shape index (κ2) is 3.27. The van der Waals surface area contributed by atoms with Crippen LogP contribution in [0.1, 0.15) is 30.7 Å². The van der Waals surface area contributed by atoms with E-state index in [4.69, 9.17) is 0 Å². The highest BCUT2D eigenvalue weighted by Crippen LogP contribution is 2.49. The first kappa shape index (κ1) is 8.78. The first-order chi connectivity index (χ1) is 6.86. The van der Waals surface area contributed by atoms with Crippen molar-refractivity contribution < 1.29 is 0 Å². The molecule has 1 saturated carbocycles. The number of rotatable bonds is 1. The molecule has 1 N–H and O–H groups in total. The maximum atomic E-state index is 3.62. The van der Waals surface area contributed by atoms with Gasteiger partial charge in [0.15, 0.2) is 0 Å². The summed E-state index contributed by atoms with van der Waals surface area (Å²) in [5.41, 5.74) is 2.88. The van der Waals surface area contributed by atoms with Crippen LogP contribution >= 0.6 is 15.9 Å². The van der Waals surface area contributed by atoms with Gasteiger partial charge in [-0.2, -0.15) is 0 Å². The van der Waals surface area contributed by atoms with Crippen LogP contribution in [0.3, 0.4) is 0 Å². The topological polar surface area (TPSA) is 12.0 Å². The van der Waals surface area contributed by atoms with Crippen molar-refractivity contribution in [3.8, 4) is 0 Å². The van der Waals surface area contributed by atoms with Crippen molar-refractivity contribution in [3.63, 3.8) is 0 Å². The van der Waals surface area contributed by atoms with E-state index in [9.17, 15) is 0 Å². The fraction of sp³-hybridized carbons (Fsp3) is 0.500. The molecule has 1 aromatic rings. The number of hydrogen-bond acceptors (Lipinski definition) is 1. The van der Waals surface area contributed by atoms with Gasteiger partial charge in [-0.3, -0.25) is 0 Å². The first-order valence-corrected chi connectivity index (χ1v) is 6.18. The van der Waals surface area contributed by atoms with Crippen molar-refractivity contribution >= 4 is 21.6 Å². The molecule has 0 bridgehead atoms. The first-order valence-electron chi connectivity index (χ1n) is 5.38. The van der Waals surface area contributed by atoms with Crippen molar-refractivity contribution in [2.24, 2.45) is 5.92 Å². The Bertz CT molecular complexity index is 357. The van der Waals surface area contributed by atoms with Crippen LogP contribution in [-0.4, -0.2) is 6.54 Å². The van der Waals surface area contributed by atoms with Crippen molar-refractivity contribution in [2.75, 3.05) is 11.9 Å². The molecule has 1 aromatic carbocycles. The highest BCUT2D eigenvalue weighted by molar-refractivity contribution is 9.10. The maximum Gasteiger partial charge on any atom is 0.0520 e. The molecule has 3 rings (SSSR count). The van der Waals surface area contributed by atoms with Crippen molar-refractivity contribution in [1.82, 2.24) is 0 Å². The molecule has 14 heavy (non-hydrogen) atoms. The lowest BCUT2D eigenvalue weighted by molar-refractivity contribution is 0.559. The number of para-hydroxylation sites is 1. The highest BCUT2D eigenvalue weighted by Gasteiger charge is 2.35. The molecule has 1 heterocycles. The van der Waals surface area contributed by atoms with E-state index in [1.54, 1.807) is 0 Å². The molecule has 1 nitrogen and oxygen atoms in total. The van der Waals surface area contributed by atoms with Gasteiger partial charge in [0.1, 0.15) is 0 Å². The number of halogens is 1. The molecule has 1 aliphatic carbocycles. The van der Waals surface area contributed by atoms with E-state index < -0.39 is 0 Å². The molecule has 74 valence electrons. The monoisotopic (exact) mass is 251 g/mol. The van der Waals surface area contributed by atoms with Gasteiger partial charge in [-0.15, -0.1) is 0 Å². The molecule has 2 heteroatoms. The third-order valence-corrected chi connectivity index (χ3v) is 4.05. The Morgan fingerprint density at radius 2 is 2.07 bits per heavy atom. The summed E-state index contributed by atoms with van der Waals surface area (Å²) in [4.78, 5) is 0. The van der Waals surface area contributed by atoms with E-state index in [-0.39, 0.29) is 0 Å². The predicted octanol–water partition coefficient (Wildman–Crippen LogP) is 3.76. The Labute approximate surface area is 93.0 Å². The molecule has 1 fully saturated rings. The molecular weight excluding hydrogens is 238 g/mol. The smallest absolute Gasteiger partial charge is 0.0520 e. The third-order valence-electron chi connectivity index (χ3n) is 3.39. The minimum Gasteiger partial charge on any atom is -0.384 e. The average Bonchev–Trinajstić information content (AvgIpc) is 3.01. The largest absolute Gasteiger partial charge is 0.384 e. The van der Waals surface area contributed by atoms with Gasteiger partial charge in [0.2, 0.25) is 0 Å². The lowest BCUT2D eigenvalue weighted by Gasteiger charge is -2.27. The summed E-state index contributed by atoms with van der Waals surface area (Å²) >= 11 is 3.62. The van der Waals surface area contributed by atoms with E-state index in [0.717, 1.165) is 18.4 Å². The fourth-order valence-electron chi connectivity index (χ4n) is 2.53. The Morgan fingerprint density at radius 3 is 2.86 bits per heavy atom. The maximum absolute atomic E-state index is 3.62. The molecule has 0 saturated heterocycles. The number of anilines is 1. The van der Waals surface area contributed by atoms with Crippen LogP contribution < -0.4 is 5.32 Å². The van der Waals surface area contributed by atoms with Gasteiger partial charge in [0.25, 0.3) is 0 Å². The Kier molecular flexibility index (Phi) is 2.05. The lowest BCUT2D eigenvalue weighted by atomic mass is 9.87. The quantitative estimate of drug-likeness (QED) is 0.802. The van der Waals surface area contributed by atoms with Gasteiger partial charge in [0, 0.05) is 11.0 Å². The second-order valence-corrected chi connectivity index (χ2v) is 5.22. The van der Waals surface area contributed by atoms with E-state index in [1.165, 1.54) is 35.0 Å². The lowest BCUT2D eigenvalue weighted by Crippen LogP contribution is -2.18. The van der Waals surface area contributed by atoms with E-state index in [0.29, 0.717) is 0 Å².